The third kappa shape index (κ3) is 5.97. The van der Waals surface area contributed by atoms with Gasteiger partial charge in [0, 0.05) is 50.9 Å². The lowest BCUT2D eigenvalue weighted by atomic mass is 10.0. The van der Waals surface area contributed by atoms with Gasteiger partial charge in [0.05, 0.1) is 25.5 Å². The highest BCUT2D eigenvalue weighted by Gasteiger charge is 2.41. The summed E-state index contributed by atoms with van der Waals surface area (Å²) in [5.41, 5.74) is 2.28. The molecule has 1 aromatic carbocycles. The second-order valence-electron chi connectivity index (χ2n) is 12.9. The molecule has 1 atom stereocenters. The summed E-state index contributed by atoms with van der Waals surface area (Å²) >= 11 is 0. The number of benzene rings is 1. The number of nitrogens with zero attached hydrogens (tertiary/aromatic N) is 8. The van der Waals surface area contributed by atoms with Crippen LogP contribution in [0.2, 0.25) is 0 Å². The van der Waals surface area contributed by atoms with Gasteiger partial charge in [0.2, 0.25) is 23.6 Å². The largest absolute Gasteiger partial charge is 0.495 e. The monoisotopic (exact) mass is 615 g/mol. The van der Waals surface area contributed by atoms with Crippen molar-refractivity contribution in [1.82, 2.24) is 29.9 Å². The van der Waals surface area contributed by atoms with Crippen LogP contribution in [-0.4, -0.2) is 94.3 Å². The normalized spacial score (nSPS) is 21.9. The molecule has 12 nitrogen and oxygen atoms in total. The highest BCUT2D eigenvalue weighted by Crippen LogP contribution is 2.40. The van der Waals surface area contributed by atoms with Crippen molar-refractivity contribution in [2.75, 3.05) is 55.5 Å². The molecule has 2 aromatic heterocycles. The molecule has 45 heavy (non-hydrogen) atoms. The average molecular weight is 616 g/mol. The Bertz CT molecular complexity index is 1490. The minimum atomic E-state index is -0.219. The first-order valence-electron chi connectivity index (χ1n) is 16.7. The molecule has 0 radical (unpaired) electrons. The lowest BCUT2D eigenvalue weighted by molar-refractivity contribution is -0.120. The van der Waals surface area contributed by atoms with Gasteiger partial charge in [0.15, 0.2) is 5.82 Å². The van der Waals surface area contributed by atoms with Crippen LogP contribution in [-0.2, 0) is 11.3 Å². The summed E-state index contributed by atoms with van der Waals surface area (Å²) in [6, 6.07) is 6.64. The number of fused-ring (bicyclic) bond motifs is 1. The molecule has 0 spiro atoms. The molecule has 1 saturated heterocycles. The number of methoxy groups -OCH3 is 1. The number of piperazine rings is 1. The summed E-state index contributed by atoms with van der Waals surface area (Å²) in [6.07, 6.45) is 12.4. The van der Waals surface area contributed by atoms with Crippen molar-refractivity contribution >= 4 is 29.0 Å². The molecule has 4 heterocycles. The van der Waals surface area contributed by atoms with Gasteiger partial charge < -0.3 is 24.4 Å². The van der Waals surface area contributed by atoms with Gasteiger partial charge in [-0.3, -0.25) is 14.6 Å². The van der Waals surface area contributed by atoms with Gasteiger partial charge in [-0.15, -0.1) is 0 Å². The molecule has 2 aliphatic heterocycles. The minimum Gasteiger partial charge on any atom is -0.495 e. The van der Waals surface area contributed by atoms with Crippen LogP contribution in [0.15, 0.2) is 28.9 Å². The van der Waals surface area contributed by atoms with Gasteiger partial charge in [-0.1, -0.05) is 37.8 Å². The summed E-state index contributed by atoms with van der Waals surface area (Å²) in [4.78, 5) is 36.5. The number of rotatable bonds is 9. The summed E-state index contributed by atoms with van der Waals surface area (Å²) in [6.45, 7) is 7.00. The van der Waals surface area contributed by atoms with Crippen molar-refractivity contribution in [3.05, 3.63) is 30.3 Å². The van der Waals surface area contributed by atoms with Gasteiger partial charge in [0.1, 0.15) is 17.5 Å². The fraction of sp³-hybridized carbons (Fsp3) is 0.606. The van der Waals surface area contributed by atoms with Crippen molar-refractivity contribution in [2.24, 2.45) is 0 Å². The second kappa shape index (κ2) is 12.9. The maximum Gasteiger partial charge on any atom is 0.249 e. The number of amides is 1. The number of aromatic nitrogens is 4. The SMILES string of the molecule is CCC1C(=O)N(C)c2cnc(Nc3ccc(-c4noc(CN5CCN(C6CCCC6)CC5)n4)cc3OC)nc2N1C1CCCC1. The molecule has 1 N–H and O–H groups in total. The number of anilines is 4. The van der Waals surface area contributed by atoms with Crippen LogP contribution in [0.25, 0.3) is 11.4 Å². The van der Waals surface area contributed by atoms with Gasteiger partial charge in [-0.25, -0.2) is 4.98 Å². The predicted molar refractivity (Wildman–Crippen MR) is 173 cm³/mol. The van der Waals surface area contributed by atoms with E-state index in [9.17, 15) is 4.79 Å². The van der Waals surface area contributed by atoms with E-state index in [1.807, 2.05) is 25.2 Å². The Morgan fingerprint density at radius 3 is 2.44 bits per heavy atom. The number of likely N-dealkylation sites (N-methyl/N-ethyl adjacent to an activating group) is 1. The van der Waals surface area contributed by atoms with E-state index in [1.165, 1.54) is 38.5 Å². The van der Waals surface area contributed by atoms with E-state index in [2.05, 4.69) is 37.1 Å². The molecule has 2 saturated carbocycles. The fourth-order valence-electron chi connectivity index (χ4n) is 7.68. The first-order chi connectivity index (χ1) is 22.0. The molecule has 12 heteroatoms. The summed E-state index contributed by atoms with van der Waals surface area (Å²) in [5, 5.41) is 7.63. The van der Waals surface area contributed by atoms with Crippen LogP contribution in [0.3, 0.4) is 0 Å². The zero-order valence-corrected chi connectivity index (χ0v) is 26.7. The number of hydrogen-bond acceptors (Lipinski definition) is 11. The number of ether oxygens (including phenoxy) is 1. The Kier molecular flexibility index (Phi) is 8.59. The van der Waals surface area contributed by atoms with E-state index in [0.717, 1.165) is 74.2 Å². The van der Waals surface area contributed by atoms with Crippen molar-refractivity contribution < 1.29 is 14.1 Å². The Labute approximate surface area is 265 Å². The standard InChI is InChI=1S/C33H45N9O3/c1-4-26-32(43)39(2)27-20-34-33(37-31(27)42(26)24-11-7-8-12-24)35-25-14-13-22(19-28(25)44-3)30-36-29(45-38-30)21-40-15-17-41(18-16-40)23-9-5-6-10-23/h13-14,19-20,23-24,26H,4-12,15-18,21H2,1-3H3,(H,34,35,37). The molecule has 240 valence electrons. The first kappa shape index (κ1) is 29.9. The highest BCUT2D eigenvalue weighted by molar-refractivity contribution is 6.04. The molecule has 3 fully saturated rings. The maximum absolute atomic E-state index is 13.2. The van der Waals surface area contributed by atoms with E-state index in [0.29, 0.717) is 36.0 Å². The lowest BCUT2D eigenvalue weighted by Gasteiger charge is -2.43. The van der Waals surface area contributed by atoms with E-state index in [-0.39, 0.29) is 11.9 Å². The predicted octanol–water partition coefficient (Wildman–Crippen LogP) is 4.84. The van der Waals surface area contributed by atoms with E-state index < -0.39 is 0 Å². The van der Waals surface area contributed by atoms with Gasteiger partial charge in [-0.2, -0.15) is 9.97 Å². The van der Waals surface area contributed by atoms with Crippen LogP contribution < -0.4 is 19.9 Å². The fourth-order valence-corrected chi connectivity index (χ4v) is 7.68. The Balaban J connectivity index is 1.05. The molecule has 0 bridgehead atoms. The van der Waals surface area contributed by atoms with E-state index >= 15 is 0 Å². The second-order valence-corrected chi connectivity index (χ2v) is 12.9. The Morgan fingerprint density at radius 2 is 1.73 bits per heavy atom. The van der Waals surface area contributed by atoms with Crippen molar-refractivity contribution in [3.8, 4) is 17.1 Å². The number of carbonyl (C=O) groups is 1. The quantitative estimate of drug-likeness (QED) is 0.356. The maximum atomic E-state index is 13.2. The molecule has 2 aliphatic carbocycles. The van der Waals surface area contributed by atoms with Crippen LogP contribution >= 0.6 is 0 Å². The minimum absolute atomic E-state index is 0.102. The third-order valence-electron chi connectivity index (χ3n) is 10.2. The molecular weight excluding hydrogens is 570 g/mol. The van der Waals surface area contributed by atoms with Gasteiger partial charge in [0.25, 0.3) is 0 Å². The Morgan fingerprint density at radius 1 is 1.00 bits per heavy atom. The summed E-state index contributed by atoms with van der Waals surface area (Å²) in [7, 11) is 3.45. The third-order valence-corrected chi connectivity index (χ3v) is 10.2. The molecule has 3 aromatic rings. The van der Waals surface area contributed by atoms with Gasteiger partial charge in [-0.05, 0) is 50.3 Å². The zero-order valence-electron chi connectivity index (χ0n) is 26.7. The van der Waals surface area contributed by atoms with Gasteiger partial charge >= 0.3 is 0 Å². The highest BCUT2D eigenvalue weighted by atomic mass is 16.5. The molecule has 1 amide bonds. The summed E-state index contributed by atoms with van der Waals surface area (Å²) in [5.74, 6) is 3.15. The molecule has 1 unspecified atom stereocenters. The van der Waals surface area contributed by atoms with E-state index in [4.69, 9.17) is 19.2 Å². The van der Waals surface area contributed by atoms with Crippen molar-refractivity contribution in [3.63, 3.8) is 0 Å². The summed E-state index contributed by atoms with van der Waals surface area (Å²) < 4.78 is 11.4. The number of carbonyl (C=O) groups excluding carboxylic acids is 1. The topological polar surface area (TPSA) is 116 Å². The van der Waals surface area contributed by atoms with Crippen LogP contribution in [0.5, 0.6) is 5.75 Å². The van der Waals surface area contributed by atoms with Crippen LogP contribution in [0.4, 0.5) is 23.1 Å². The van der Waals surface area contributed by atoms with Crippen LogP contribution in [0.1, 0.15) is 70.6 Å². The van der Waals surface area contributed by atoms with Crippen molar-refractivity contribution in [1.29, 1.82) is 0 Å². The van der Waals surface area contributed by atoms with Crippen molar-refractivity contribution in [2.45, 2.75) is 89.4 Å². The Hall–Kier alpha value is -3.77. The first-order valence-corrected chi connectivity index (χ1v) is 16.7. The molecule has 7 rings (SSSR count). The van der Waals surface area contributed by atoms with E-state index in [1.54, 1.807) is 18.2 Å². The average Bonchev–Trinajstić information content (AvgIpc) is 3.87. The molecule has 4 aliphatic rings. The lowest BCUT2D eigenvalue weighted by Crippen LogP contribution is -2.55. The molecular formula is C33H45N9O3. The number of hydrogen-bond donors (Lipinski definition) is 1. The number of nitrogens with one attached hydrogen (secondary N) is 1. The smallest absolute Gasteiger partial charge is 0.249 e. The zero-order chi connectivity index (χ0) is 30.9. The van der Waals surface area contributed by atoms with Crippen LogP contribution in [0, 0.1) is 0 Å².